The van der Waals surface area contributed by atoms with E-state index in [0.717, 1.165) is 16.9 Å². The van der Waals surface area contributed by atoms with E-state index in [1.165, 1.54) is 13.2 Å². The van der Waals surface area contributed by atoms with Crippen LogP contribution in [0.15, 0.2) is 33.9 Å². The minimum atomic E-state index is -3.60. The Morgan fingerprint density at radius 1 is 1.37 bits per heavy atom. The van der Waals surface area contributed by atoms with Gasteiger partial charge in [-0.1, -0.05) is 17.7 Å². The Bertz CT molecular complexity index is 681. The molecule has 0 fully saturated rings. The second kappa shape index (κ2) is 5.40. The highest BCUT2D eigenvalue weighted by atomic mass is 35.5. The average Bonchev–Trinajstić information content (AvgIpc) is 2.87. The molecule has 19 heavy (non-hydrogen) atoms. The number of anilines is 1. The molecular weight excluding hydrogens is 306 g/mol. The topological polar surface area (TPSA) is 55.4 Å². The minimum absolute atomic E-state index is 0.242. The average molecular weight is 318 g/mol. The third-order valence-electron chi connectivity index (χ3n) is 2.49. The van der Waals surface area contributed by atoms with Crippen LogP contribution in [0.25, 0.3) is 0 Å². The van der Waals surface area contributed by atoms with E-state index < -0.39 is 10.0 Å². The molecule has 0 atom stereocenters. The van der Waals surface area contributed by atoms with Crippen LogP contribution in [0.4, 0.5) is 5.69 Å². The van der Waals surface area contributed by atoms with Crippen LogP contribution >= 0.6 is 22.9 Å². The molecule has 0 saturated heterocycles. The van der Waals surface area contributed by atoms with E-state index in [-0.39, 0.29) is 4.21 Å². The summed E-state index contributed by atoms with van der Waals surface area (Å²) in [6.07, 6.45) is 0. The standard InChI is InChI=1S/C12H12ClNO3S2/c1-8-6-11(17-2)10(7-9(8)13)14-19(15,16)12-4-3-5-18-12/h3-7,14H,1-2H3. The van der Waals surface area contributed by atoms with E-state index in [1.54, 1.807) is 23.6 Å². The van der Waals surface area contributed by atoms with Crippen LogP contribution < -0.4 is 9.46 Å². The number of ether oxygens (including phenoxy) is 1. The lowest BCUT2D eigenvalue weighted by atomic mass is 10.2. The Balaban J connectivity index is 2.41. The van der Waals surface area contributed by atoms with Crippen molar-refractivity contribution in [3.05, 3.63) is 40.2 Å². The first-order valence-corrected chi connectivity index (χ1v) is 8.08. The molecular formula is C12H12ClNO3S2. The maximum absolute atomic E-state index is 12.1. The highest BCUT2D eigenvalue weighted by molar-refractivity contribution is 7.94. The van der Waals surface area contributed by atoms with Gasteiger partial charge in [0.15, 0.2) is 0 Å². The van der Waals surface area contributed by atoms with Gasteiger partial charge in [-0.05, 0) is 36.1 Å². The van der Waals surface area contributed by atoms with E-state index in [4.69, 9.17) is 16.3 Å². The fourth-order valence-electron chi connectivity index (χ4n) is 1.52. The van der Waals surface area contributed by atoms with Crippen molar-refractivity contribution in [1.82, 2.24) is 0 Å². The quantitative estimate of drug-likeness (QED) is 0.938. The molecule has 1 N–H and O–H groups in total. The van der Waals surface area contributed by atoms with Gasteiger partial charge >= 0.3 is 0 Å². The lowest BCUT2D eigenvalue weighted by molar-refractivity contribution is 0.416. The van der Waals surface area contributed by atoms with Crippen molar-refractivity contribution < 1.29 is 13.2 Å². The number of thiophene rings is 1. The van der Waals surface area contributed by atoms with Crippen LogP contribution in [0.3, 0.4) is 0 Å². The van der Waals surface area contributed by atoms with Gasteiger partial charge in [-0.2, -0.15) is 0 Å². The molecule has 7 heteroatoms. The second-order valence-corrected chi connectivity index (χ2v) is 7.10. The van der Waals surface area contributed by atoms with Crippen molar-refractivity contribution in [1.29, 1.82) is 0 Å². The number of sulfonamides is 1. The number of methoxy groups -OCH3 is 1. The zero-order chi connectivity index (χ0) is 14.0. The number of hydrogen-bond donors (Lipinski definition) is 1. The Kier molecular flexibility index (Phi) is 4.03. The van der Waals surface area contributed by atoms with Crippen molar-refractivity contribution in [2.75, 3.05) is 11.8 Å². The second-order valence-electron chi connectivity index (χ2n) is 3.84. The SMILES string of the molecule is COc1cc(C)c(Cl)cc1NS(=O)(=O)c1cccs1. The van der Waals surface area contributed by atoms with Gasteiger partial charge in [-0.3, -0.25) is 4.72 Å². The minimum Gasteiger partial charge on any atom is -0.495 e. The van der Waals surface area contributed by atoms with E-state index in [2.05, 4.69) is 4.72 Å². The molecule has 1 aromatic carbocycles. The van der Waals surface area contributed by atoms with Gasteiger partial charge in [0, 0.05) is 5.02 Å². The van der Waals surface area contributed by atoms with E-state index in [1.807, 2.05) is 6.92 Å². The van der Waals surface area contributed by atoms with Gasteiger partial charge in [0.05, 0.1) is 12.8 Å². The van der Waals surface area contributed by atoms with Crippen LogP contribution in [-0.4, -0.2) is 15.5 Å². The molecule has 102 valence electrons. The summed E-state index contributed by atoms with van der Waals surface area (Å²) in [4.78, 5) is 0. The maximum Gasteiger partial charge on any atom is 0.271 e. The molecule has 0 unspecified atom stereocenters. The number of halogens is 1. The summed E-state index contributed by atoms with van der Waals surface area (Å²) in [6.45, 7) is 1.82. The zero-order valence-electron chi connectivity index (χ0n) is 10.3. The highest BCUT2D eigenvalue weighted by Crippen LogP contribution is 2.32. The predicted molar refractivity (Wildman–Crippen MR) is 77.9 cm³/mol. The molecule has 0 amide bonds. The monoisotopic (exact) mass is 317 g/mol. The van der Waals surface area contributed by atoms with Crippen molar-refractivity contribution in [3.63, 3.8) is 0 Å². The molecule has 0 saturated carbocycles. The molecule has 0 spiro atoms. The lowest BCUT2D eigenvalue weighted by Crippen LogP contribution is -2.12. The van der Waals surface area contributed by atoms with Crippen molar-refractivity contribution in [3.8, 4) is 5.75 Å². The molecule has 2 aromatic rings. The van der Waals surface area contributed by atoms with Crippen LogP contribution in [0.5, 0.6) is 5.75 Å². The third kappa shape index (κ3) is 3.02. The molecule has 1 aromatic heterocycles. The number of nitrogens with one attached hydrogen (secondary N) is 1. The van der Waals surface area contributed by atoms with E-state index in [0.29, 0.717) is 16.5 Å². The summed E-state index contributed by atoms with van der Waals surface area (Å²) in [5.41, 5.74) is 1.14. The van der Waals surface area contributed by atoms with E-state index >= 15 is 0 Å². The summed E-state index contributed by atoms with van der Waals surface area (Å²) < 4.78 is 32.1. The Labute approximate surface area is 121 Å². The van der Waals surface area contributed by atoms with Crippen LogP contribution in [-0.2, 0) is 10.0 Å². The van der Waals surface area contributed by atoms with E-state index in [9.17, 15) is 8.42 Å². The Morgan fingerprint density at radius 3 is 2.68 bits per heavy atom. The van der Waals surface area contributed by atoms with Crippen molar-refractivity contribution in [2.24, 2.45) is 0 Å². The van der Waals surface area contributed by atoms with Crippen LogP contribution in [0.1, 0.15) is 5.56 Å². The zero-order valence-corrected chi connectivity index (χ0v) is 12.7. The van der Waals surface area contributed by atoms with Crippen LogP contribution in [0.2, 0.25) is 5.02 Å². The largest absolute Gasteiger partial charge is 0.495 e. The summed E-state index contributed by atoms with van der Waals surface area (Å²) in [7, 11) is -2.12. The molecule has 0 aliphatic carbocycles. The highest BCUT2D eigenvalue weighted by Gasteiger charge is 2.18. The first-order valence-electron chi connectivity index (χ1n) is 5.34. The molecule has 0 bridgehead atoms. The number of rotatable bonds is 4. The summed E-state index contributed by atoms with van der Waals surface area (Å²) >= 11 is 7.15. The molecule has 0 radical (unpaired) electrons. The Morgan fingerprint density at radius 2 is 2.11 bits per heavy atom. The van der Waals surface area contributed by atoms with Gasteiger partial charge in [0.25, 0.3) is 10.0 Å². The fourth-order valence-corrected chi connectivity index (χ4v) is 3.73. The normalized spacial score (nSPS) is 11.3. The van der Waals surface area contributed by atoms with Crippen molar-refractivity contribution >= 4 is 38.6 Å². The predicted octanol–water partition coefficient (Wildman–Crippen LogP) is 3.52. The summed E-state index contributed by atoms with van der Waals surface area (Å²) in [5.74, 6) is 0.432. The fraction of sp³-hybridized carbons (Fsp3) is 0.167. The van der Waals surface area contributed by atoms with Crippen molar-refractivity contribution in [2.45, 2.75) is 11.1 Å². The van der Waals surface area contributed by atoms with Gasteiger partial charge in [0.1, 0.15) is 9.96 Å². The first-order chi connectivity index (χ1) is 8.94. The molecule has 2 rings (SSSR count). The molecule has 0 aliphatic rings. The number of aryl methyl sites for hydroxylation is 1. The van der Waals surface area contributed by atoms with Crippen LogP contribution in [0, 0.1) is 6.92 Å². The molecule has 1 heterocycles. The molecule has 0 aliphatic heterocycles. The summed E-state index contributed by atoms with van der Waals surface area (Å²) in [6, 6.07) is 6.45. The number of hydrogen-bond acceptors (Lipinski definition) is 4. The smallest absolute Gasteiger partial charge is 0.271 e. The first kappa shape index (κ1) is 14.2. The van der Waals surface area contributed by atoms with Gasteiger partial charge in [-0.25, -0.2) is 8.42 Å². The Hall–Kier alpha value is -1.24. The third-order valence-corrected chi connectivity index (χ3v) is 5.66. The van der Waals surface area contributed by atoms with Gasteiger partial charge in [-0.15, -0.1) is 11.3 Å². The number of benzene rings is 1. The van der Waals surface area contributed by atoms with Gasteiger partial charge < -0.3 is 4.74 Å². The lowest BCUT2D eigenvalue weighted by Gasteiger charge is -2.12. The van der Waals surface area contributed by atoms with Gasteiger partial charge in [0.2, 0.25) is 0 Å². The summed E-state index contributed by atoms with van der Waals surface area (Å²) in [5, 5.41) is 2.18. The maximum atomic E-state index is 12.1. The molecule has 4 nitrogen and oxygen atoms in total.